The van der Waals surface area contributed by atoms with Crippen molar-refractivity contribution >= 4 is 17.3 Å². The van der Waals surface area contributed by atoms with Crippen molar-refractivity contribution in [2.75, 3.05) is 5.73 Å². The van der Waals surface area contributed by atoms with Crippen molar-refractivity contribution in [3.05, 3.63) is 23.2 Å². The largest absolute Gasteiger partial charge is 0.489 e. The zero-order valence-electron chi connectivity index (χ0n) is 8.00. The van der Waals surface area contributed by atoms with Gasteiger partial charge in [-0.3, -0.25) is 0 Å². The summed E-state index contributed by atoms with van der Waals surface area (Å²) in [6.07, 6.45) is 5.15. The molecule has 2 N–H and O–H groups in total. The maximum Gasteiger partial charge on any atom is 0.138 e. The molecular weight excluding hydrogens is 198 g/mol. The van der Waals surface area contributed by atoms with Crippen LogP contribution in [0.1, 0.15) is 25.7 Å². The number of nitrogen functional groups attached to an aromatic ring is 1. The molecule has 0 heterocycles. The molecule has 2 rings (SSSR count). The Bertz CT molecular complexity index is 321. The number of nitrogens with two attached hydrogens (primary N) is 1. The van der Waals surface area contributed by atoms with Crippen LogP contribution in [0, 0.1) is 0 Å². The van der Waals surface area contributed by atoms with Crippen LogP contribution in [-0.2, 0) is 0 Å². The van der Waals surface area contributed by atoms with E-state index < -0.39 is 0 Å². The highest BCUT2D eigenvalue weighted by Gasteiger charge is 2.17. The molecule has 0 bridgehead atoms. The lowest BCUT2D eigenvalue weighted by Crippen LogP contribution is -2.11. The lowest BCUT2D eigenvalue weighted by molar-refractivity contribution is 0.210. The third-order valence-corrected chi connectivity index (χ3v) is 2.85. The molecule has 0 saturated heterocycles. The summed E-state index contributed by atoms with van der Waals surface area (Å²) in [6, 6.07) is 5.39. The molecule has 0 aliphatic heterocycles. The first kappa shape index (κ1) is 9.66. The molecule has 1 aromatic carbocycles. The summed E-state index contributed by atoms with van der Waals surface area (Å²) < 4.78 is 5.77. The van der Waals surface area contributed by atoms with Crippen LogP contribution in [0.3, 0.4) is 0 Å². The fourth-order valence-electron chi connectivity index (χ4n) is 1.80. The normalized spacial score (nSPS) is 17.2. The van der Waals surface area contributed by atoms with Gasteiger partial charge in [0.25, 0.3) is 0 Å². The Balaban J connectivity index is 2.08. The quantitative estimate of drug-likeness (QED) is 0.763. The lowest BCUT2D eigenvalue weighted by atomic mass is 10.3. The van der Waals surface area contributed by atoms with Crippen molar-refractivity contribution < 1.29 is 4.74 Å². The van der Waals surface area contributed by atoms with Crippen LogP contribution < -0.4 is 10.5 Å². The topological polar surface area (TPSA) is 35.2 Å². The number of hydrogen-bond donors (Lipinski definition) is 1. The Morgan fingerprint density at radius 2 is 2.00 bits per heavy atom. The van der Waals surface area contributed by atoms with E-state index in [9.17, 15) is 0 Å². The highest BCUT2D eigenvalue weighted by atomic mass is 35.5. The molecule has 3 heteroatoms. The van der Waals surface area contributed by atoms with Gasteiger partial charge in [-0.05, 0) is 43.9 Å². The van der Waals surface area contributed by atoms with E-state index in [1.165, 1.54) is 12.8 Å². The zero-order valence-corrected chi connectivity index (χ0v) is 8.76. The molecule has 2 nitrogen and oxygen atoms in total. The zero-order chi connectivity index (χ0) is 9.97. The summed E-state index contributed by atoms with van der Waals surface area (Å²) in [5.41, 5.74) is 6.27. The molecule has 1 saturated carbocycles. The van der Waals surface area contributed by atoms with Crippen molar-refractivity contribution in [3.8, 4) is 5.75 Å². The molecule has 0 aromatic heterocycles. The minimum atomic E-state index is 0.344. The van der Waals surface area contributed by atoms with E-state index in [-0.39, 0.29) is 0 Å². The fraction of sp³-hybridized carbons (Fsp3) is 0.455. The third-order valence-electron chi connectivity index (χ3n) is 2.55. The Morgan fingerprint density at radius 1 is 1.29 bits per heavy atom. The molecule has 1 fully saturated rings. The summed E-state index contributed by atoms with van der Waals surface area (Å²) in [4.78, 5) is 0. The summed E-state index contributed by atoms with van der Waals surface area (Å²) in [5, 5.41) is 0.608. The van der Waals surface area contributed by atoms with E-state index in [2.05, 4.69) is 0 Å². The minimum absolute atomic E-state index is 0.344. The number of ether oxygens (including phenoxy) is 1. The number of hydrogen-bond acceptors (Lipinski definition) is 2. The van der Waals surface area contributed by atoms with Crippen molar-refractivity contribution in [3.63, 3.8) is 0 Å². The number of rotatable bonds is 2. The van der Waals surface area contributed by atoms with Crippen LogP contribution in [0.2, 0.25) is 5.02 Å². The molecule has 0 radical (unpaired) electrons. The summed E-state index contributed by atoms with van der Waals surface area (Å²) in [7, 11) is 0. The Hall–Kier alpha value is -0.890. The van der Waals surface area contributed by atoms with Crippen LogP contribution in [-0.4, -0.2) is 6.10 Å². The van der Waals surface area contributed by atoms with Crippen LogP contribution >= 0.6 is 11.6 Å². The molecule has 1 aliphatic carbocycles. The first-order valence-corrected chi connectivity index (χ1v) is 5.35. The van der Waals surface area contributed by atoms with E-state index in [4.69, 9.17) is 22.1 Å². The van der Waals surface area contributed by atoms with Crippen LogP contribution in [0.15, 0.2) is 18.2 Å². The van der Waals surface area contributed by atoms with Gasteiger partial charge in [0, 0.05) is 5.69 Å². The van der Waals surface area contributed by atoms with E-state index in [1.54, 1.807) is 6.07 Å². The standard InChI is InChI=1S/C11H14ClNO/c12-10-7-8(13)5-6-11(10)14-9-3-1-2-4-9/h5-7,9H,1-4,13H2. The molecule has 0 spiro atoms. The highest BCUT2D eigenvalue weighted by molar-refractivity contribution is 6.32. The predicted molar refractivity (Wildman–Crippen MR) is 58.7 cm³/mol. The Labute approximate surface area is 89.0 Å². The molecule has 0 atom stereocenters. The second-order valence-corrected chi connectivity index (χ2v) is 4.12. The average Bonchev–Trinajstić information content (AvgIpc) is 2.62. The second kappa shape index (κ2) is 4.09. The molecule has 0 unspecified atom stereocenters. The fourth-order valence-corrected chi connectivity index (χ4v) is 2.03. The van der Waals surface area contributed by atoms with Gasteiger partial charge in [-0.1, -0.05) is 11.6 Å². The third kappa shape index (κ3) is 2.13. The van der Waals surface area contributed by atoms with Gasteiger partial charge in [-0.2, -0.15) is 0 Å². The monoisotopic (exact) mass is 211 g/mol. The van der Waals surface area contributed by atoms with Crippen LogP contribution in [0.4, 0.5) is 5.69 Å². The van der Waals surface area contributed by atoms with E-state index in [0.717, 1.165) is 18.6 Å². The average molecular weight is 212 g/mol. The van der Waals surface area contributed by atoms with Crippen LogP contribution in [0.25, 0.3) is 0 Å². The molecule has 14 heavy (non-hydrogen) atoms. The maximum atomic E-state index is 6.00. The first-order valence-electron chi connectivity index (χ1n) is 4.97. The van der Waals surface area contributed by atoms with Gasteiger partial charge < -0.3 is 10.5 Å². The van der Waals surface area contributed by atoms with Gasteiger partial charge in [0.1, 0.15) is 5.75 Å². The predicted octanol–water partition coefficient (Wildman–Crippen LogP) is 3.24. The number of anilines is 1. The van der Waals surface area contributed by atoms with Crippen LogP contribution in [0.5, 0.6) is 5.75 Å². The van der Waals surface area contributed by atoms with Gasteiger partial charge in [0.05, 0.1) is 11.1 Å². The summed E-state index contributed by atoms with van der Waals surface area (Å²) >= 11 is 6.00. The Morgan fingerprint density at radius 3 is 2.64 bits per heavy atom. The molecule has 76 valence electrons. The SMILES string of the molecule is Nc1ccc(OC2CCCC2)c(Cl)c1. The number of benzene rings is 1. The molecule has 1 aliphatic rings. The van der Waals surface area contributed by atoms with Crippen molar-refractivity contribution in [1.29, 1.82) is 0 Å². The van der Waals surface area contributed by atoms with E-state index in [1.807, 2.05) is 12.1 Å². The lowest BCUT2D eigenvalue weighted by Gasteiger charge is -2.14. The van der Waals surface area contributed by atoms with Gasteiger partial charge in [-0.25, -0.2) is 0 Å². The van der Waals surface area contributed by atoms with Crippen molar-refractivity contribution in [1.82, 2.24) is 0 Å². The molecule has 0 amide bonds. The van der Waals surface area contributed by atoms with Crippen molar-refractivity contribution in [2.45, 2.75) is 31.8 Å². The van der Waals surface area contributed by atoms with Gasteiger partial charge in [0.2, 0.25) is 0 Å². The van der Waals surface area contributed by atoms with Gasteiger partial charge in [0.15, 0.2) is 0 Å². The Kier molecular flexibility index (Phi) is 2.82. The maximum absolute atomic E-state index is 6.00. The molecule has 1 aromatic rings. The van der Waals surface area contributed by atoms with Crippen molar-refractivity contribution in [2.24, 2.45) is 0 Å². The summed E-state index contributed by atoms with van der Waals surface area (Å²) in [5.74, 6) is 0.757. The highest BCUT2D eigenvalue weighted by Crippen LogP contribution is 2.30. The first-order chi connectivity index (χ1) is 6.75. The van der Waals surface area contributed by atoms with Gasteiger partial charge in [-0.15, -0.1) is 0 Å². The minimum Gasteiger partial charge on any atom is -0.489 e. The number of halogens is 1. The van der Waals surface area contributed by atoms with E-state index >= 15 is 0 Å². The second-order valence-electron chi connectivity index (χ2n) is 3.71. The van der Waals surface area contributed by atoms with Gasteiger partial charge >= 0.3 is 0 Å². The smallest absolute Gasteiger partial charge is 0.138 e. The van der Waals surface area contributed by atoms with E-state index in [0.29, 0.717) is 16.8 Å². The molecular formula is C11H14ClNO. The summed E-state index contributed by atoms with van der Waals surface area (Å²) in [6.45, 7) is 0.